The second kappa shape index (κ2) is 16.8. The molecule has 0 aromatic carbocycles. The lowest BCUT2D eigenvalue weighted by Gasteiger charge is -2.52. The number of nitrogens with zero attached hydrogens (tertiary/aromatic N) is 2. The number of hydrogen-bond acceptors (Lipinski definition) is 10. The van der Waals surface area contributed by atoms with Crippen LogP contribution in [0.3, 0.4) is 0 Å². The van der Waals surface area contributed by atoms with E-state index in [4.69, 9.17) is 19.7 Å². The second-order valence-electron chi connectivity index (χ2n) is 16.1. The van der Waals surface area contributed by atoms with E-state index in [0.29, 0.717) is 0 Å². The number of carboxylic acid groups (broad SMARTS) is 2. The number of nitrogens with one attached hydrogen (secondary N) is 2. The summed E-state index contributed by atoms with van der Waals surface area (Å²) in [6.45, 7) is 19.2. The minimum atomic E-state index is -0.971. The zero-order chi connectivity index (χ0) is 39.2. The number of thiazole rings is 2. The molecule has 6 aliphatic carbocycles. The van der Waals surface area contributed by atoms with E-state index in [1.54, 1.807) is 10.8 Å². The van der Waals surface area contributed by atoms with Gasteiger partial charge in [-0.15, -0.1) is 22.7 Å². The number of carbonyl (C=O) groups excluding carboxylic acids is 2. The van der Waals surface area contributed by atoms with E-state index in [1.165, 1.54) is 22.7 Å². The van der Waals surface area contributed by atoms with E-state index >= 15 is 0 Å². The monoisotopic (exact) mass is 764 g/mol. The van der Waals surface area contributed by atoms with Gasteiger partial charge in [0.2, 0.25) is 0 Å². The van der Waals surface area contributed by atoms with Crippen molar-refractivity contribution in [3.8, 4) is 0 Å². The Morgan fingerprint density at radius 3 is 1.06 bits per heavy atom. The number of alkyl carbamates (subject to hydrolysis) is 2. The second-order valence-corrected chi connectivity index (χ2v) is 17.8. The largest absolute Gasteiger partial charge is 0.476 e. The van der Waals surface area contributed by atoms with Gasteiger partial charge >= 0.3 is 24.1 Å². The molecule has 0 aliphatic heterocycles. The Bertz CT molecular complexity index is 1390. The van der Waals surface area contributed by atoms with Crippen LogP contribution >= 0.6 is 22.7 Å². The van der Waals surface area contributed by atoms with E-state index in [-0.39, 0.29) is 45.5 Å². The molecule has 8 rings (SSSR count). The molecule has 0 unspecified atom stereocenters. The maximum Gasteiger partial charge on any atom is 0.408 e. The molecule has 4 N–H and O–H groups in total. The number of amides is 2. The van der Waals surface area contributed by atoms with Gasteiger partial charge in [-0.05, 0) is 119 Å². The molecule has 6 saturated carbocycles. The van der Waals surface area contributed by atoms with E-state index < -0.39 is 23.1 Å². The Labute approximate surface area is 316 Å². The Balaban J connectivity index is 0.000000256. The molecular weight excluding hydrogens is 705 g/mol. The topological polar surface area (TPSA) is 177 Å². The SMILES string of the molecule is CC.CC.CC(C)(C)OC(=O)NC12CCC(c3nc(C(=O)O)cs3)(CC1)CC2.CC(C)(C)OC(=O)NC12CCC(c3nc(C(=O)O)cs3)(CC1)CC2. The van der Waals surface area contributed by atoms with Crippen molar-refractivity contribution in [3.05, 3.63) is 32.2 Å². The van der Waals surface area contributed by atoms with E-state index in [2.05, 4.69) is 20.6 Å². The third-order valence-corrected chi connectivity index (χ3v) is 12.6. The van der Waals surface area contributed by atoms with Crippen LogP contribution in [0.4, 0.5) is 9.59 Å². The number of fused-ring (bicyclic) bond motifs is 6. The number of ether oxygens (including phenoxy) is 2. The van der Waals surface area contributed by atoms with Crippen molar-refractivity contribution in [2.24, 2.45) is 0 Å². The van der Waals surface area contributed by atoms with Crippen LogP contribution in [0.25, 0.3) is 0 Å². The molecule has 0 atom stereocenters. The van der Waals surface area contributed by atoms with E-state index in [9.17, 15) is 19.2 Å². The van der Waals surface area contributed by atoms with Crippen molar-refractivity contribution in [2.45, 2.75) is 179 Å². The molecule has 2 aromatic heterocycles. The van der Waals surface area contributed by atoms with Gasteiger partial charge in [0.1, 0.15) is 11.2 Å². The van der Waals surface area contributed by atoms with Gasteiger partial charge < -0.3 is 30.3 Å². The molecule has 4 bridgehead atoms. The van der Waals surface area contributed by atoms with Crippen molar-refractivity contribution >= 4 is 46.8 Å². The molecule has 2 heterocycles. The molecule has 0 saturated heterocycles. The van der Waals surface area contributed by atoms with Gasteiger partial charge in [0.05, 0.1) is 10.0 Å². The number of hydrogen-bond donors (Lipinski definition) is 4. The summed E-state index contributed by atoms with van der Waals surface area (Å²) >= 11 is 2.90. The standard InChI is InChI=1S/2C17H24N2O4S.2C2H6/c2*1-15(2,3)23-14(22)19-17-7-4-16(5-8-17,6-9-17)13-18-11(10-24-13)12(20)21;2*1-2/h2*10H,4-9H2,1-3H3,(H,19,22)(H,20,21);2*1-2H3. The molecule has 0 radical (unpaired) electrons. The Morgan fingerprint density at radius 1 is 0.577 bits per heavy atom. The predicted molar refractivity (Wildman–Crippen MR) is 204 cm³/mol. The quantitative estimate of drug-likeness (QED) is 0.222. The van der Waals surface area contributed by atoms with Gasteiger partial charge in [0.15, 0.2) is 11.4 Å². The summed E-state index contributed by atoms with van der Waals surface area (Å²) in [5.74, 6) is -1.94. The lowest BCUT2D eigenvalue weighted by Crippen LogP contribution is -2.58. The molecule has 14 heteroatoms. The molecule has 0 spiro atoms. The highest BCUT2D eigenvalue weighted by Crippen LogP contribution is 2.55. The first-order valence-corrected chi connectivity index (χ1v) is 20.4. The summed E-state index contributed by atoms with van der Waals surface area (Å²) in [6, 6.07) is 0. The molecule has 2 amide bonds. The summed E-state index contributed by atoms with van der Waals surface area (Å²) in [6.07, 6.45) is 10.2. The van der Waals surface area contributed by atoms with Gasteiger partial charge in [0, 0.05) is 32.7 Å². The average molecular weight is 765 g/mol. The number of carbonyl (C=O) groups is 4. The van der Waals surface area contributed by atoms with Crippen LogP contribution in [0.15, 0.2) is 10.8 Å². The molecule has 52 heavy (non-hydrogen) atoms. The summed E-state index contributed by atoms with van der Waals surface area (Å²) in [5.41, 5.74) is -1.12. The Morgan fingerprint density at radius 2 is 0.846 bits per heavy atom. The number of carboxylic acids is 2. The van der Waals surface area contributed by atoms with E-state index in [1.807, 2.05) is 69.2 Å². The van der Waals surface area contributed by atoms with Crippen molar-refractivity contribution in [1.82, 2.24) is 20.6 Å². The summed E-state index contributed by atoms with van der Waals surface area (Å²) in [5, 5.41) is 29.5. The van der Waals surface area contributed by atoms with Crippen LogP contribution in [-0.4, -0.2) is 66.6 Å². The first kappa shape index (κ1) is 43.1. The van der Waals surface area contributed by atoms with Crippen molar-refractivity contribution < 1.29 is 38.9 Å². The van der Waals surface area contributed by atoms with Gasteiger partial charge in [0.25, 0.3) is 0 Å². The maximum atomic E-state index is 12.1. The number of aromatic carboxylic acids is 2. The highest BCUT2D eigenvalue weighted by atomic mass is 32.1. The zero-order valence-electron chi connectivity index (χ0n) is 32.7. The van der Waals surface area contributed by atoms with E-state index in [0.717, 1.165) is 87.1 Å². The highest BCUT2D eigenvalue weighted by molar-refractivity contribution is 7.10. The molecule has 2 aromatic rings. The highest BCUT2D eigenvalue weighted by Gasteiger charge is 2.53. The Kier molecular flexibility index (Phi) is 14.0. The molecule has 292 valence electrons. The fourth-order valence-electron chi connectivity index (χ4n) is 7.66. The van der Waals surface area contributed by atoms with Crippen LogP contribution in [0.2, 0.25) is 0 Å². The van der Waals surface area contributed by atoms with Crippen molar-refractivity contribution in [2.75, 3.05) is 0 Å². The average Bonchev–Trinajstić information content (AvgIpc) is 3.79. The summed E-state index contributed by atoms with van der Waals surface area (Å²) in [7, 11) is 0. The van der Waals surface area contributed by atoms with Crippen LogP contribution in [0.1, 0.15) is 177 Å². The number of aromatic nitrogens is 2. The summed E-state index contributed by atoms with van der Waals surface area (Å²) < 4.78 is 10.8. The first-order valence-electron chi connectivity index (χ1n) is 18.7. The molecule has 6 fully saturated rings. The minimum Gasteiger partial charge on any atom is -0.476 e. The smallest absolute Gasteiger partial charge is 0.408 e. The molecular formula is C38H60N4O8S2. The maximum absolute atomic E-state index is 12.1. The van der Waals surface area contributed by atoms with Crippen LogP contribution in [0, 0.1) is 0 Å². The van der Waals surface area contributed by atoms with Gasteiger partial charge in [-0.1, -0.05) is 27.7 Å². The van der Waals surface area contributed by atoms with Crippen LogP contribution in [-0.2, 0) is 20.3 Å². The van der Waals surface area contributed by atoms with Gasteiger partial charge in [-0.3, -0.25) is 0 Å². The lowest BCUT2D eigenvalue weighted by molar-refractivity contribution is 0.0249. The first-order chi connectivity index (χ1) is 24.3. The van der Waals surface area contributed by atoms with Crippen LogP contribution < -0.4 is 10.6 Å². The zero-order valence-corrected chi connectivity index (χ0v) is 34.3. The molecule has 12 nitrogen and oxygen atoms in total. The van der Waals surface area contributed by atoms with Gasteiger partial charge in [-0.2, -0.15) is 0 Å². The fraction of sp³-hybridized carbons (Fsp3) is 0.737. The third kappa shape index (κ3) is 10.4. The van der Waals surface area contributed by atoms with Crippen molar-refractivity contribution in [3.63, 3.8) is 0 Å². The lowest BCUT2D eigenvalue weighted by atomic mass is 9.57. The fourth-order valence-corrected chi connectivity index (χ4v) is 9.83. The third-order valence-electron chi connectivity index (χ3n) is 10.4. The normalized spacial score (nSPS) is 27.3. The molecule has 6 aliphatic rings. The number of rotatable bonds is 6. The Hall–Kier alpha value is -3.26. The van der Waals surface area contributed by atoms with Gasteiger partial charge in [-0.25, -0.2) is 29.1 Å². The van der Waals surface area contributed by atoms with Crippen molar-refractivity contribution in [1.29, 1.82) is 0 Å². The predicted octanol–water partition coefficient (Wildman–Crippen LogP) is 9.47. The van der Waals surface area contributed by atoms with Crippen LogP contribution in [0.5, 0.6) is 0 Å². The summed E-state index contributed by atoms with van der Waals surface area (Å²) in [4.78, 5) is 55.1. The minimum absolute atomic E-state index is 0.0181.